The molecule has 0 aliphatic carbocycles. The number of benzene rings is 1. The summed E-state index contributed by atoms with van der Waals surface area (Å²) in [6.45, 7) is 0.576. The van der Waals surface area contributed by atoms with Gasteiger partial charge in [0.05, 0.1) is 23.1 Å². The molecular weight excluding hydrogens is 392 g/mol. The first-order valence-corrected chi connectivity index (χ1v) is 9.77. The molecule has 10 heteroatoms. The third kappa shape index (κ3) is 5.20. The zero-order valence-electron chi connectivity index (χ0n) is 16.7. The van der Waals surface area contributed by atoms with Crippen LogP contribution in [0.5, 0.6) is 0 Å². The van der Waals surface area contributed by atoms with Crippen molar-refractivity contribution < 1.29 is 23.9 Å². The normalized spacial score (nSPS) is 13.2. The summed E-state index contributed by atoms with van der Waals surface area (Å²) in [4.78, 5) is 52.8. The molecule has 0 radical (unpaired) electrons. The Hall–Kier alpha value is -3.27. The Morgan fingerprint density at radius 3 is 2.83 bits per heavy atom. The van der Waals surface area contributed by atoms with Crippen molar-refractivity contribution >= 4 is 28.8 Å². The lowest BCUT2D eigenvalue weighted by Crippen LogP contribution is -2.42. The minimum atomic E-state index is -0.763. The minimum absolute atomic E-state index is 0.115. The van der Waals surface area contributed by atoms with E-state index >= 15 is 0 Å². The van der Waals surface area contributed by atoms with E-state index in [-0.39, 0.29) is 17.7 Å². The highest BCUT2D eigenvalue weighted by Gasteiger charge is 2.17. The second kappa shape index (κ2) is 9.97. The first kappa shape index (κ1) is 21.4. The molecule has 0 bridgehead atoms. The van der Waals surface area contributed by atoms with Crippen molar-refractivity contribution in [3.63, 3.8) is 0 Å². The van der Waals surface area contributed by atoms with E-state index in [0.29, 0.717) is 30.5 Å². The highest BCUT2D eigenvalue weighted by molar-refractivity contribution is 5.98. The van der Waals surface area contributed by atoms with E-state index in [1.807, 2.05) is 5.32 Å². The SMILES string of the molecule is COCCNC(=O)NC(=O)COC(=O)c1ccc2c(=O)n3c(nc2c1)CCCCC3. The van der Waals surface area contributed by atoms with Crippen molar-refractivity contribution in [3.05, 3.63) is 39.9 Å². The predicted octanol–water partition coefficient (Wildman–Crippen LogP) is 0.752. The maximum atomic E-state index is 12.7. The zero-order chi connectivity index (χ0) is 21.5. The Bertz CT molecular complexity index is 1020. The molecule has 1 aromatic carbocycles. The third-order valence-electron chi connectivity index (χ3n) is 4.73. The highest BCUT2D eigenvalue weighted by Crippen LogP contribution is 2.16. The van der Waals surface area contributed by atoms with Gasteiger partial charge in [-0.15, -0.1) is 0 Å². The molecule has 0 fully saturated rings. The maximum absolute atomic E-state index is 12.7. The van der Waals surface area contributed by atoms with Crippen LogP contribution in [-0.2, 0) is 27.2 Å². The summed E-state index contributed by atoms with van der Waals surface area (Å²) in [5, 5.41) is 4.89. The van der Waals surface area contributed by atoms with E-state index in [1.54, 1.807) is 10.6 Å². The number of rotatable bonds is 6. The molecule has 1 aliphatic rings. The number of fused-ring (bicyclic) bond motifs is 2. The number of nitrogens with one attached hydrogen (secondary N) is 2. The van der Waals surface area contributed by atoms with Crippen LogP contribution in [0, 0.1) is 0 Å². The van der Waals surface area contributed by atoms with Gasteiger partial charge >= 0.3 is 12.0 Å². The molecule has 10 nitrogen and oxygen atoms in total. The molecule has 0 atom stereocenters. The van der Waals surface area contributed by atoms with Crippen LogP contribution in [0.25, 0.3) is 10.9 Å². The summed E-state index contributed by atoms with van der Waals surface area (Å²) in [6, 6.07) is 3.79. The Morgan fingerprint density at radius 2 is 2.03 bits per heavy atom. The number of carbonyl (C=O) groups excluding carboxylic acids is 3. The fraction of sp³-hybridized carbons (Fsp3) is 0.450. The predicted molar refractivity (Wildman–Crippen MR) is 107 cm³/mol. The summed E-state index contributed by atoms with van der Waals surface area (Å²) in [5.41, 5.74) is 0.477. The number of esters is 1. The number of ether oxygens (including phenoxy) is 2. The van der Waals surface area contributed by atoms with Gasteiger partial charge in [0.25, 0.3) is 11.5 Å². The van der Waals surface area contributed by atoms with Crippen LogP contribution in [0.3, 0.4) is 0 Å². The number of amides is 3. The Balaban J connectivity index is 1.65. The molecule has 0 saturated carbocycles. The van der Waals surface area contributed by atoms with Gasteiger partial charge in [-0.05, 0) is 31.0 Å². The quantitative estimate of drug-likeness (QED) is 0.525. The summed E-state index contributed by atoms with van der Waals surface area (Å²) in [6.07, 6.45) is 3.67. The van der Waals surface area contributed by atoms with Crippen molar-refractivity contribution in [2.75, 3.05) is 26.9 Å². The molecular formula is C20H24N4O6. The molecule has 1 aliphatic heterocycles. The molecule has 160 valence electrons. The second-order valence-corrected chi connectivity index (χ2v) is 6.90. The molecule has 30 heavy (non-hydrogen) atoms. The number of hydrogen-bond donors (Lipinski definition) is 2. The maximum Gasteiger partial charge on any atom is 0.338 e. The van der Waals surface area contributed by atoms with E-state index in [1.165, 1.54) is 19.2 Å². The Kier molecular flexibility index (Phi) is 7.12. The van der Waals surface area contributed by atoms with Crippen molar-refractivity contribution in [1.82, 2.24) is 20.2 Å². The molecule has 3 amide bonds. The molecule has 2 aromatic rings. The molecule has 1 aromatic heterocycles. The number of urea groups is 1. The Labute approximate surface area is 172 Å². The van der Waals surface area contributed by atoms with Crippen LogP contribution in [0.15, 0.2) is 23.0 Å². The van der Waals surface area contributed by atoms with Crippen LogP contribution in [0.4, 0.5) is 4.79 Å². The van der Waals surface area contributed by atoms with Crippen LogP contribution < -0.4 is 16.2 Å². The van der Waals surface area contributed by atoms with Gasteiger partial charge in [0, 0.05) is 26.6 Å². The first-order valence-electron chi connectivity index (χ1n) is 9.77. The average Bonchev–Trinajstić information content (AvgIpc) is 2.97. The van der Waals surface area contributed by atoms with E-state index in [9.17, 15) is 19.2 Å². The average molecular weight is 416 g/mol. The minimum Gasteiger partial charge on any atom is -0.452 e. The molecule has 0 unspecified atom stereocenters. The standard InChI is InChI=1S/C20H24N4O6/c1-29-10-8-21-20(28)23-17(25)12-30-19(27)13-6-7-14-15(11-13)22-16-5-3-2-4-9-24(16)18(14)26/h6-7,11H,2-5,8-10,12H2,1H3,(H2,21,23,25,28). The van der Waals surface area contributed by atoms with Gasteiger partial charge in [0.2, 0.25) is 0 Å². The van der Waals surface area contributed by atoms with Crippen LogP contribution in [0.1, 0.15) is 35.4 Å². The highest BCUT2D eigenvalue weighted by atomic mass is 16.5. The van der Waals surface area contributed by atoms with Crippen LogP contribution in [0.2, 0.25) is 0 Å². The summed E-state index contributed by atoms with van der Waals surface area (Å²) in [7, 11) is 1.49. The van der Waals surface area contributed by atoms with E-state index in [4.69, 9.17) is 9.47 Å². The van der Waals surface area contributed by atoms with Crippen molar-refractivity contribution in [2.45, 2.75) is 32.2 Å². The third-order valence-corrected chi connectivity index (χ3v) is 4.73. The van der Waals surface area contributed by atoms with Gasteiger partial charge in [-0.1, -0.05) is 6.42 Å². The number of aryl methyl sites for hydroxylation is 1. The number of nitrogens with zero attached hydrogens (tertiary/aromatic N) is 2. The van der Waals surface area contributed by atoms with E-state index in [2.05, 4.69) is 10.3 Å². The molecule has 0 saturated heterocycles. The fourth-order valence-electron chi connectivity index (χ4n) is 3.23. The second-order valence-electron chi connectivity index (χ2n) is 6.90. The fourth-order valence-corrected chi connectivity index (χ4v) is 3.23. The van der Waals surface area contributed by atoms with Gasteiger partial charge in [0.1, 0.15) is 5.82 Å². The molecule has 2 N–H and O–H groups in total. The lowest BCUT2D eigenvalue weighted by atomic mass is 10.1. The number of imide groups is 1. The number of methoxy groups -OCH3 is 1. The van der Waals surface area contributed by atoms with Gasteiger partial charge < -0.3 is 14.8 Å². The van der Waals surface area contributed by atoms with E-state index in [0.717, 1.165) is 25.1 Å². The first-order chi connectivity index (χ1) is 14.5. The van der Waals surface area contributed by atoms with Gasteiger partial charge in [-0.2, -0.15) is 0 Å². The molecule has 0 spiro atoms. The number of aromatic nitrogens is 2. The van der Waals surface area contributed by atoms with Crippen LogP contribution in [-0.4, -0.2) is 54.3 Å². The van der Waals surface area contributed by atoms with Gasteiger partial charge in [-0.3, -0.25) is 19.5 Å². The monoisotopic (exact) mass is 416 g/mol. The summed E-state index contributed by atoms with van der Waals surface area (Å²) < 4.78 is 11.4. The van der Waals surface area contributed by atoms with Crippen molar-refractivity contribution in [1.29, 1.82) is 0 Å². The van der Waals surface area contributed by atoms with Crippen molar-refractivity contribution in [3.8, 4) is 0 Å². The lowest BCUT2D eigenvalue weighted by molar-refractivity contribution is -0.123. The van der Waals surface area contributed by atoms with Gasteiger partial charge in [-0.25, -0.2) is 14.6 Å². The smallest absolute Gasteiger partial charge is 0.338 e. The van der Waals surface area contributed by atoms with Crippen LogP contribution >= 0.6 is 0 Å². The topological polar surface area (TPSA) is 129 Å². The molecule has 2 heterocycles. The number of hydrogen-bond acceptors (Lipinski definition) is 7. The summed E-state index contributed by atoms with van der Waals surface area (Å²) >= 11 is 0. The lowest BCUT2D eigenvalue weighted by Gasteiger charge is -2.11. The van der Waals surface area contributed by atoms with Gasteiger partial charge in [0.15, 0.2) is 6.61 Å². The largest absolute Gasteiger partial charge is 0.452 e. The van der Waals surface area contributed by atoms with Crippen molar-refractivity contribution in [2.24, 2.45) is 0 Å². The van der Waals surface area contributed by atoms with E-state index < -0.39 is 24.5 Å². The Morgan fingerprint density at radius 1 is 1.20 bits per heavy atom. The summed E-state index contributed by atoms with van der Waals surface area (Å²) in [5.74, 6) is -0.793. The zero-order valence-corrected chi connectivity index (χ0v) is 16.7. The molecule has 3 rings (SSSR count). The number of carbonyl (C=O) groups is 3.